The number of likely N-dealkylation sites (tertiary alicyclic amines) is 1. The van der Waals surface area contributed by atoms with Gasteiger partial charge in [-0.05, 0) is 31.9 Å². The predicted molar refractivity (Wildman–Crippen MR) is 93.1 cm³/mol. The number of aromatic nitrogens is 3. The molecule has 3 rings (SSSR count). The van der Waals surface area contributed by atoms with Gasteiger partial charge in [0.05, 0.1) is 19.8 Å². The third kappa shape index (κ3) is 3.45. The Kier molecular flexibility index (Phi) is 5.21. The molecule has 0 bridgehead atoms. The third-order valence-corrected chi connectivity index (χ3v) is 4.77. The van der Waals surface area contributed by atoms with E-state index in [1.807, 2.05) is 4.90 Å². The van der Waals surface area contributed by atoms with Gasteiger partial charge in [-0.1, -0.05) is 0 Å². The molecule has 1 aliphatic rings. The van der Waals surface area contributed by atoms with Crippen LogP contribution in [-0.4, -0.2) is 52.9 Å². The molecule has 0 saturated carbocycles. The van der Waals surface area contributed by atoms with Crippen molar-refractivity contribution >= 4 is 5.91 Å². The first-order valence-corrected chi connectivity index (χ1v) is 8.57. The van der Waals surface area contributed by atoms with Gasteiger partial charge in [-0.15, -0.1) is 10.2 Å². The zero-order valence-electron chi connectivity index (χ0n) is 14.9. The first-order chi connectivity index (χ1) is 12.2. The Labute approximate surface area is 147 Å². The lowest BCUT2D eigenvalue weighted by atomic mass is 9.95. The monoisotopic (exact) mass is 344 g/mol. The Morgan fingerprint density at radius 3 is 2.64 bits per heavy atom. The molecular weight excluding hydrogens is 320 g/mol. The lowest BCUT2D eigenvalue weighted by Gasteiger charge is -2.32. The van der Waals surface area contributed by atoms with E-state index in [1.54, 1.807) is 38.7 Å². The zero-order valence-corrected chi connectivity index (χ0v) is 14.9. The van der Waals surface area contributed by atoms with Crippen molar-refractivity contribution in [2.24, 2.45) is 0 Å². The summed E-state index contributed by atoms with van der Waals surface area (Å²) >= 11 is 0. The minimum atomic E-state index is -0.00471. The van der Waals surface area contributed by atoms with Crippen molar-refractivity contribution in [3.05, 3.63) is 35.9 Å². The molecule has 0 atom stereocenters. The minimum Gasteiger partial charge on any atom is -0.497 e. The van der Waals surface area contributed by atoms with Gasteiger partial charge in [-0.25, -0.2) is 0 Å². The number of carbonyl (C=O) groups is 1. The van der Waals surface area contributed by atoms with Gasteiger partial charge in [0.1, 0.15) is 23.7 Å². The fourth-order valence-corrected chi connectivity index (χ4v) is 3.31. The van der Waals surface area contributed by atoms with Crippen molar-refractivity contribution in [2.75, 3.05) is 27.3 Å². The molecule has 134 valence electrons. The van der Waals surface area contributed by atoms with Gasteiger partial charge in [-0.2, -0.15) is 0 Å². The summed E-state index contributed by atoms with van der Waals surface area (Å²) in [5.74, 6) is 2.58. The fourth-order valence-electron chi connectivity index (χ4n) is 3.31. The van der Waals surface area contributed by atoms with E-state index in [4.69, 9.17) is 9.47 Å². The number of methoxy groups -OCH3 is 2. The smallest absolute Gasteiger partial charge is 0.257 e. The van der Waals surface area contributed by atoms with Gasteiger partial charge in [0.25, 0.3) is 5.91 Å². The van der Waals surface area contributed by atoms with Crippen molar-refractivity contribution < 1.29 is 14.3 Å². The summed E-state index contributed by atoms with van der Waals surface area (Å²) in [5.41, 5.74) is 0.568. The molecular formula is C18H24N4O3. The number of hydrogen-bond acceptors (Lipinski definition) is 5. The van der Waals surface area contributed by atoms with Crippen LogP contribution < -0.4 is 9.47 Å². The van der Waals surface area contributed by atoms with E-state index in [9.17, 15) is 4.79 Å². The average molecular weight is 344 g/mol. The Morgan fingerprint density at radius 2 is 2.00 bits per heavy atom. The molecule has 0 radical (unpaired) electrons. The van der Waals surface area contributed by atoms with Crippen LogP contribution in [0, 0.1) is 0 Å². The molecule has 0 aliphatic carbocycles. The summed E-state index contributed by atoms with van der Waals surface area (Å²) in [6, 6.07) is 5.29. The largest absolute Gasteiger partial charge is 0.497 e. The van der Waals surface area contributed by atoms with Crippen LogP contribution in [0.1, 0.15) is 41.9 Å². The summed E-state index contributed by atoms with van der Waals surface area (Å²) in [5, 5.41) is 8.27. The van der Waals surface area contributed by atoms with Crippen molar-refractivity contribution in [1.82, 2.24) is 19.7 Å². The molecule has 1 aromatic heterocycles. The lowest BCUT2D eigenvalue weighted by Crippen LogP contribution is -2.38. The maximum Gasteiger partial charge on any atom is 0.257 e. The van der Waals surface area contributed by atoms with Crippen molar-refractivity contribution in [1.29, 1.82) is 0 Å². The number of carbonyl (C=O) groups excluding carboxylic acids is 1. The van der Waals surface area contributed by atoms with Gasteiger partial charge < -0.3 is 18.9 Å². The molecule has 2 aromatic rings. The van der Waals surface area contributed by atoms with Crippen LogP contribution in [0.4, 0.5) is 0 Å². The van der Waals surface area contributed by atoms with Crippen LogP contribution in [0.5, 0.6) is 11.5 Å². The van der Waals surface area contributed by atoms with E-state index >= 15 is 0 Å². The molecule has 7 nitrogen and oxygen atoms in total. The van der Waals surface area contributed by atoms with E-state index in [2.05, 4.69) is 21.7 Å². The number of nitrogens with zero attached hydrogens (tertiary/aromatic N) is 4. The van der Waals surface area contributed by atoms with Gasteiger partial charge in [0, 0.05) is 31.6 Å². The lowest BCUT2D eigenvalue weighted by molar-refractivity contribution is 0.0707. The number of piperidine rings is 1. The standard InChI is InChI=1S/C18H24N4O3/c1-4-21-12-19-20-17(21)13-7-9-22(10-8-13)18(23)15-6-5-14(24-2)11-16(15)25-3/h5-6,11-13H,4,7-10H2,1-3H3. The highest BCUT2D eigenvalue weighted by Crippen LogP contribution is 2.30. The van der Waals surface area contributed by atoms with E-state index in [-0.39, 0.29) is 5.91 Å². The second kappa shape index (κ2) is 7.55. The summed E-state index contributed by atoms with van der Waals surface area (Å²) in [6.45, 7) is 4.36. The Balaban J connectivity index is 1.70. The van der Waals surface area contributed by atoms with Gasteiger partial charge in [-0.3, -0.25) is 4.79 Å². The molecule has 0 unspecified atom stereocenters. The van der Waals surface area contributed by atoms with E-state index in [0.29, 0.717) is 36.1 Å². The van der Waals surface area contributed by atoms with Crippen LogP contribution in [0.2, 0.25) is 0 Å². The predicted octanol–water partition coefficient (Wildman–Crippen LogP) is 2.33. The number of benzene rings is 1. The maximum absolute atomic E-state index is 12.9. The van der Waals surface area contributed by atoms with Crippen LogP contribution in [0.15, 0.2) is 24.5 Å². The highest BCUT2D eigenvalue weighted by atomic mass is 16.5. The molecule has 1 saturated heterocycles. The van der Waals surface area contributed by atoms with Crippen molar-refractivity contribution in [3.8, 4) is 11.5 Å². The Bertz CT molecular complexity index is 736. The van der Waals surface area contributed by atoms with Crippen LogP contribution in [-0.2, 0) is 6.54 Å². The van der Waals surface area contributed by atoms with Crippen LogP contribution >= 0.6 is 0 Å². The fraction of sp³-hybridized carbons (Fsp3) is 0.500. The first kappa shape index (κ1) is 17.3. The average Bonchev–Trinajstić information content (AvgIpc) is 3.15. The SMILES string of the molecule is CCn1cnnc1C1CCN(C(=O)c2ccc(OC)cc2OC)CC1. The minimum absolute atomic E-state index is 0.00471. The van der Waals surface area contributed by atoms with E-state index in [1.165, 1.54) is 0 Å². The van der Waals surface area contributed by atoms with E-state index < -0.39 is 0 Å². The quantitative estimate of drug-likeness (QED) is 0.833. The summed E-state index contributed by atoms with van der Waals surface area (Å²) in [7, 11) is 3.16. The normalized spacial score (nSPS) is 15.2. The number of ether oxygens (including phenoxy) is 2. The zero-order chi connectivity index (χ0) is 17.8. The van der Waals surface area contributed by atoms with Crippen molar-refractivity contribution in [3.63, 3.8) is 0 Å². The molecule has 0 N–H and O–H groups in total. The van der Waals surface area contributed by atoms with Crippen LogP contribution in [0.3, 0.4) is 0 Å². The first-order valence-electron chi connectivity index (χ1n) is 8.57. The molecule has 2 heterocycles. The van der Waals surface area contributed by atoms with Crippen LogP contribution in [0.25, 0.3) is 0 Å². The summed E-state index contributed by atoms with van der Waals surface area (Å²) in [4.78, 5) is 14.7. The summed E-state index contributed by atoms with van der Waals surface area (Å²) in [6.07, 6.45) is 3.56. The molecule has 1 amide bonds. The Hall–Kier alpha value is -2.57. The third-order valence-electron chi connectivity index (χ3n) is 4.77. The molecule has 1 aliphatic heterocycles. The molecule has 25 heavy (non-hydrogen) atoms. The molecule has 7 heteroatoms. The highest BCUT2D eigenvalue weighted by Gasteiger charge is 2.28. The number of amides is 1. The Morgan fingerprint density at radius 1 is 1.24 bits per heavy atom. The second-order valence-corrected chi connectivity index (χ2v) is 6.11. The number of rotatable bonds is 5. The maximum atomic E-state index is 12.9. The van der Waals surface area contributed by atoms with Gasteiger partial charge in [0.15, 0.2) is 0 Å². The number of hydrogen-bond donors (Lipinski definition) is 0. The second-order valence-electron chi connectivity index (χ2n) is 6.11. The summed E-state index contributed by atoms with van der Waals surface area (Å²) < 4.78 is 12.6. The molecule has 1 aromatic carbocycles. The topological polar surface area (TPSA) is 69.5 Å². The van der Waals surface area contributed by atoms with Gasteiger partial charge >= 0.3 is 0 Å². The highest BCUT2D eigenvalue weighted by molar-refractivity contribution is 5.97. The molecule has 1 fully saturated rings. The van der Waals surface area contributed by atoms with Crippen molar-refractivity contribution in [2.45, 2.75) is 32.2 Å². The molecule has 0 spiro atoms. The number of aryl methyl sites for hydroxylation is 1. The van der Waals surface area contributed by atoms with E-state index in [0.717, 1.165) is 25.2 Å². The van der Waals surface area contributed by atoms with Gasteiger partial charge in [0.2, 0.25) is 0 Å².